The van der Waals surface area contributed by atoms with Crippen LogP contribution < -0.4 is 0 Å². The molecule has 4 nitrogen and oxygen atoms in total. The van der Waals surface area contributed by atoms with Gasteiger partial charge in [-0.3, -0.25) is 8.80 Å². The second-order valence-electron chi connectivity index (χ2n) is 24.9. The van der Waals surface area contributed by atoms with Gasteiger partial charge in [-0.1, -0.05) is 159 Å². The van der Waals surface area contributed by atoms with Crippen LogP contribution in [0.3, 0.4) is 0 Å². The lowest BCUT2D eigenvalue weighted by Crippen LogP contribution is -2.42. The highest BCUT2D eigenvalue weighted by molar-refractivity contribution is 6.03. The standard InChI is InChI=1S/C31H38N2.C27H28N2.C2H6/c1-27(2)17-28(3,4)25-24(27)18-13-11-12-14-19(18)26-32-22-15-20-21(16-23(22)33(25)26)30(7,8)31(9,10)29(20,5)6;1-26(2)14-27(3,4)24-23(26)17-7-5-6-8-18(17)25-28-21-12-19-15-9-10-16(11-15)20(19)13-22(21)29(24)25;1-2/h11-16H,17H2,1-10H3;5-8,12-13,15-16H,9-11,14H2,1-4H3;1-2H3. The molecule has 13 rings (SSSR count). The van der Waals surface area contributed by atoms with Gasteiger partial charge in [0.1, 0.15) is 11.3 Å². The zero-order chi connectivity index (χ0) is 45.6. The Bertz CT molecular complexity index is 3320. The van der Waals surface area contributed by atoms with Crippen molar-refractivity contribution in [1.82, 2.24) is 18.8 Å². The van der Waals surface area contributed by atoms with Crippen LogP contribution in [-0.4, -0.2) is 18.8 Å². The first-order valence-corrected chi connectivity index (χ1v) is 24.8. The SMILES string of the molecule is CC.CC1(C)CC(C)(C)c2c1c1ccccc1c1nc3cc4c(cc3n21)C(C)(C)C(C)(C)C4(C)C.CC1(C)CC(C)(C)c2c1c1ccccc1c1nc3cc4c(cc3n21)C1CCC4C1. The molecule has 0 N–H and O–H groups in total. The smallest absolute Gasteiger partial charge is 0.146 e. The molecule has 0 saturated heterocycles. The van der Waals surface area contributed by atoms with Crippen molar-refractivity contribution in [1.29, 1.82) is 0 Å². The normalized spacial score (nSPS) is 23.9. The van der Waals surface area contributed by atoms with E-state index in [1.54, 1.807) is 11.1 Å². The Balaban J connectivity index is 0.000000138. The molecule has 4 aromatic carbocycles. The zero-order valence-electron chi connectivity index (χ0n) is 41.9. The van der Waals surface area contributed by atoms with Crippen molar-refractivity contribution in [3.63, 3.8) is 0 Å². The van der Waals surface area contributed by atoms with Crippen molar-refractivity contribution in [2.75, 3.05) is 0 Å². The van der Waals surface area contributed by atoms with E-state index in [2.05, 4.69) is 179 Å². The molecule has 8 aromatic rings. The summed E-state index contributed by atoms with van der Waals surface area (Å²) in [4.78, 5) is 10.6. The predicted octanol–water partition coefficient (Wildman–Crippen LogP) is 16.2. The van der Waals surface area contributed by atoms with E-state index in [9.17, 15) is 0 Å². The van der Waals surface area contributed by atoms with Crippen LogP contribution in [0, 0.1) is 5.41 Å². The zero-order valence-corrected chi connectivity index (χ0v) is 41.9. The van der Waals surface area contributed by atoms with E-state index in [4.69, 9.17) is 9.97 Å². The predicted molar refractivity (Wildman–Crippen MR) is 272 cm³/mol. The largest absolute Gasteiger partial charge is 0.295 e. The Morgan fingerprint density at radius 3 is 1.33 bits per heavy atom. The number of fused-ring (bicyclic) bond motifs is 22. The van der Waals surface area contributed by atoms with Crippen molar-refractivity contribution >= 4 is 54.9 Å². The lowest BCUT2D eigenvalue weighted by molar-refractivity contribution is 0.125. The molecule has 2 unspecified atom stereocenters. The maximum absolute atomic E-state index is 5.34. The van der Waals surface area contributed by atoms with Gasteiger partial charge in [0, 0.05) is 33.0 Å². The molecule has 2 bridgehead atoms. The van der Waals surface area contributed by atoms with E-state index in [0.717, 1.165) is 35.1 Å². The van der Waals surface area contributed by atoms with E-state index in [0.29, 0.717) is 0 Å². The Morgan fingerprint density at radius 2 is 0.859 bits per heavy atom. The molecule has 332 valence electrons. The fourth-order valence-electron chi connectivity index (χ4n) is 15.3. The molecular formula is C60H72N4. The number of benzene rings is 4. The van der Waals surface area contributed by atoms with Crippen LogP contribution >= 0.6 is 0 Å². The van der Waals surface area contributed by atoms with Crippen LogP contribution in [0.15, 0.2) is 72.8 Å². The summed E-state index contributed by atoms with van der Waals surface area (Å²) >= 11 is 0. The summed E-state index contributed by atoms with van der Waals surface area (Å²) < 4.78 is 5.09. The van der Waals surface area contributed by atoms with Crippen molar-refractivity contribution < 1.29 is 0 Å². The van der Waals surface area contributed by atoms with Crippen molar-refractivity contribution in [3.05, 3.63) is 118 Å². The second-order valence-corrected chi connectivity index (χ2v) is 24.9. The van der Waals surface area contributed by atoms with Gasteiger partial charge in [-0.25, -0.2) is 9.97 Å². The summed E-state index contributed by atoms with van der Waals surface area (Å²) in [5.41, 5.74) is 20.2. The summed E-state index contributed by atoms with van der Waals surface area (Å²) in [6.07, 6.45) is 6.43. The molecule has 5 aliphatic rings. The average Bonchev–Trinajstić information content (AvgIpc) is 4.08. The van der Waals surface area contributed by atoms with Gasteiger partial charge in [0.15, 0.2) is 0 Å². The fraction of sp³-hybridized carbons (Fsp3) is 0.500. The van der Waals surface area contributed by atoms with Gasteiger partial charge < -0.3 is 0 Å². The summed E-state index contributed by atoms with van der Waals surface area (Å²) in [5.74, 6) is 1.56. The number of pyridine rings is 2. The molecule has 5 aliphatic carbocycles. The average molecular weight is 849 g/mol. The Kier molecular flexibility index (Phi) is 8.39. The van der Waals surface area contributed by atoms with Crippen LogP contribution in [0.4, 0.5) is 0 Å². The summed E-state index contributed by atoms with van der Waals surface area (Å²) in [7, 11) is 0. The molecule has 64 heavy (non-hydrogen) atoms. The van der Waals surface area contributed by atoms with Crippen LogP contribution in [0.2, 0.25) is 0 Å². The first-order valence-electron chi connectivity index (χ1n) is 24.8. The van der Waals surface area contributed by atoms with E-state index in [-0.39, 0.29) is 37.9 Å². The molecule has 4 heterocycles. The van der Waals surface area contributed by atoms with Crippen molar-refractivity contribution in [2.24, 2.45) is 5.41 Å². The summed E-state index contributed by atoms with van der Waals surface area (Å²) in [5, 5.41) is 5.35. The van der Waals surface area contributed by atoms with Gasteiger partial charge in [-0.15, -0.1) is 0 Å². The van der Waals surface area contributed by atoms with Gasteiger partial charge in [0.2, 0.25) is 0 Å². The fourth-order valence-corrected chi connectivity index (χ4v) is 15.3. The number of rotatable bonds is 0. The molecule has 0 amide bonds. The lowest BCUT2D eigenvalue weighted by atomic mass is 9.59. The minimum atomic E-state index is 0.0823. The summed E-state index contributed by atoms with van der Waals surface area (Å²) in [6, 6.07) is 27.7. The Labute approximate surface area is 382 Å². The molecule has 2 atom stereocenters. The lowest BCUT2D eigenvalue weighted by Gasteiger charge is -2.44. The Morgan fingerprint density at radius 1 is 0.469 bits per heavy atom. The third-order valence-electron chi connectivity index (χ3n) is 18.6. The molecule has 4 aromatic heterocycles. The highest BCUT2D eigenvalue weighted by Crippen LogP contribution is 2.63. The van der Waals surface area contributed by atoms with Gasteiger partial charge in [0.25, 0.3) is 0 Å². The highest BCUT2D eigenvalue weighted by Gasteiger charge is 2.57. The van der Waals surface area contributed by atoms with Gasteiger partial charge >= 0.3 is 0 Å². The van der Waals surface area contributed by atoms with Crippen LogP contribution in [0.25, 0.3) is 54.9 Å². The maximum Gasteiger partial charge on any atom is 0.146 e. The van der Waals surface area contributed by atoms with Crippen molar-refractivity contribution in [3.8, 4) is 0 Å². The maximum atomic E-state index is 5.34. The minimum Gasteiger partial charge on any atom is -0.295 e. The van der Waals surface area contributed by atoms with Crippen LogP contribution in [-0.2, 0) is 32.5 Å². The molecule has 0 aliphatic heterocycles. The monoisotopic (exact) mass is 849 g/mol. The van der Waals surface area contributed by atoms with Gasteiger partial charge in [-0.2, -0.15) is 0 Å². The minimum absolute atomic E-state index is 0.0823. The van der Waals surface area contributed by atoms with Crippen LogP contribution in [0.1, 0.15) is 199 Å². The number of aromatic nitrogens is 4. The van der Waals surface area contributed by atoms with E-state index < -0.39 is 0 Å². The number of imidazole rings is 2. The molecule has 0 radical (unpaired) electrons. The molecule has 4 heteroatoms. The topological polar surface area (TPSA) is 34.6 Å². The number of hydrogen-bond acceptors (Lipinski definition) is 2. The third-order valence-corrected chi connectivity index (χ3v) is 18.6. The van der Waals surface area contributed by atoms with Gasteiger partial charge in [0.05, 0.1) is 22.1 Å². The first-order chi connectivity index (χ1) is 30.0. The molecular weight excluding hydrogens is 777 g/mol. The molecule has 1 saturated carbocycles. The number of hydrogen-bond donors (Lipinski definition) is 0. The highest BCUT2D eigenvalue weighted by atomic mass is 15.1. The van der Waals surface area contributed by atoms with E-state index in [1.165, 1.54) is 97.4 Å². The van der Waals surface area contributed by atoms with Gasteiger partial charge in [-0.05, 0) is 139 Å². The summed E-state index contributed by atoms with van der Waals surface area (Å²) in [6.45, 7) is 38.0. The van der Waals surface area contributed by atoms with Crippen molar-refractivity contribution in [2.45, 2.75) is 187 Å². The number of nitrogens with zero attached hydrogens (tertiary/aromatic N) is 4. The second kappa shape index (κ2) is 12.8. The first kappa shape index (κ1) is 42.0. The third kappa shape index (κ3) is 5.12. The molecule has 1 fully saturated rings. The Hall–Kier alpha value is -4.70. The quantitative estimate of drug-likeness (QED) is 0.152. The van der Waals surface area contributed by atoms with E-state index >= 15 is 0 Å². The van der Waals surface area contributed by atoms with E-state index in [1.807, 2.05) is 13.8 Å². The molecule has 0 spiro atoms. The van der Waals surface area contributed by atoms with Crippen LogP contribution in [0.5, 0.6) is 0 Å².